The van der Waals surface area contributed by atoms with E-state index in [1.54, 1.807) is 0 Å². The van der Waals surface area contributed by atoms with E-state index in [0.717, 1.165) is 35.1 Å². The van der Waals surface area contributed by atoms with Crippen LogP contribution in [-0.4, -0.2) is 5.91 Å². The first kappa shape index (κ1) is 15.2. The molecule has 2 heteroatoms. The molecule has 0 aliphatic carbocycles. The van der Waals surface area contributed by atoms with Crippen LogP contribution in [0, 0.1) is 6.92 Å². The molecule has 1 rings (SSSR count). The number of hydrogen-bond donors (Lipinski definition) is 1. The summed E-state index contributed by atoms with van der Waals surface area (Å²) in [6, 6.07) is 6.09. The SMILES string of the molecule is C=Cc1cccc(C)c1/C(CC(N)=O)=C(/C)CCC. The minimum atomic E-state index is -0.288. The van der Waals surface area contributed by atoms with Gasteiger partial charge in [-0.15, -0.1) is 0 Å². The summed E-state index contributed by atoms with van der Waals surface area (Å²) < 4.78 is 0. The molecule has 0 fully saturated rings. The lowest BCUT2D eigenvalue weighted by molar-refractivity contribution is -0.117. The number of nitrogens with two attached hydrogens (primary N) is 1. The Kier molecular flexibility index (Phi) is 5.56. The number of amides is 1. The highest BCUT2D eigenvalue weighted by Crippen LogP contribution is 2.30. The fourth-order valence-corrected chi connectivity index (χ4v) is 2.43. The van der Waals surface area contributed by atoms with Gasteiger partial charge in [-0.3, -0.25) is 4.79 Å². The van der Waals surface area contributed by atoms with Gasteiger partial charge in [-0.25, -0.2) is 0 Å². The maximum Gasteiger partial charge on any atom is 0.221 e. The molecule has 0 aliphatic heterocycles. The Morgan fingerprint density at radius 2 is 2.11 bits per heavy atom. The van der Waals surface area contributed by atoms with Crippen molar-refractivity contribution in [1.29, 1.82) is 0 Å². The number of primary amides is 1. The Morgan fingerprint density at radius 3 is 2.63 bits per heavy atom. The van der Waals surface area contributed by atoms with Crippen LogP contribution in [-0.2, 0) is 4.79 Å². The van der Waals surface area contributed by atoms with Gasteiger partial charge in [0.1, 0.15) is 0 Å². The second kappa shape index (κ2) is 6.93. The van der Waals surface area contributed by atoms with Gasteiger partial charge >= 0.3 is 0 Å². The van der Waals surface area contributed by atoms with Gasteiger partial charge in [0.2, 0.25) is 5.91 Å². The van der Waals surface area contributed by atoms with Crippen LogP contribution in [0.3, 0.4) is 0 Å². The molecule has 0 heterocycles. The van der Waals surface area contributed by atoms with Gasteiger partial charge in [0, 0.05) is 0 Å². The summed E-state index contributed by atoms with van der Waals surface area (Å²) in [5.41, 5.74) is 11.0. The summed E-state index contributed by atoms with van der Waals surface area (Å²) in [5.74, 6) is -0.288. The van der Waals surface area contributed by atoms with Gasteiger partial charge in [0.05, 0.1) is 6.42 Å². The average molecular weight is 257 g/mol. The van der Waals surface area contributed by atoms with E-state index in [2.05, 4.69) is 33.4 Å². The third-order valence-electron chi connectivity index (χ3n) is 3.32. The van der Waals surface area contributed by atoms with E-state index in [0.29, 0.717) is 0 Å². The first-order chi connectivity index (χ1) is 9.01. The average Bonchev–Trinajstić information content (AvgIpc) is 2.36. The number of rotatable bonds is 6. The Labute approximate surface area is 116 Å². The summed E-state index contributed by atoms with van der Waals surface area (Å²) in [6.45, 7) is 10.1. The Hall–Kier alpha value is -1.83. The van der Waals surface area contributed by atoms with Crippen LogP contribution in [0.25, 0.3) is 11.6 Å². The van der Waals surface area contributed by atoms with E-state index in [1.807, 2.05) is 18.2 Å². The second-order valence-electron chi connectivity index (χ2n) is 4.90. The van der Waals surface area contributed by atoms with Crippen LogP contribution in [0.15, 0.2) is 30.4 Å². The first-order valence-electron chi connectivity index (χ1n) is 6.70. The monoisotopic (exact) mass is 257 g/mol. The van der Waals surface area contributed by atoms with Crippen LogP contribution in [0.5, 0.6) is 0 Å². The molecule has 19 heavy (non-hydrogen) atoms. The molecule has 1 amide bonds. The fourth-order valence-electron chi connectivity index (χ4n) is 2.43. The van der Waals surface area contributed by atoms with E-state index < -0.39 is 0 Å². The van der Waals surface area contributed by atoms with Crippen LogP contribution in [0.4, 0.5) is 0 Å². The van der Waals surface area contributed by atoms with Crippen molar-refractivity contribution in [3.63, 3.8) is 0 Å². The predicted molar refractivity (Wildman–Crippen MR) is 82.6 cm³/mol. The Morgan fingerprint density at radius 1 is 1.42 bits per heavy atom. The molecule has 0 spiro atoms. The van der Waals surface area contributed by atoms with Crippen LogP contribution >= 0.6 is 0 Å². The molecule has 0 bridgehead atoms. The number of carbonyl (C=O) groups excluding carboxylic acids is 1. The Balaban J connectivity index is 3.45. The number of aryl methyl sites for hydroxylation is 1. The van der Waals surface area contributed by atoms with E-state index in [1.165, 1.54) is 5.57 Å². The summed E-state index contributed by atoms with van der Waals surface area (Å²) in [7, 11) is 0. The first-order valence-corrected chi connectivity index (χ1v) is 6.70. The minimum Gasteiger partial charge on any atom is -0.369 e. The molecule has 0 saturated carbocycles. The zero-order valence-electron chi connectivity index (χ0n) is 12.1. The summed E-state index contributed by atoms with van der Waals surface area (Å²) in [4.78, 5) is 11.4. The van der Waals surface area contributed by atoms with Crippen molar-refractivity contribution in [2.75, 3.05) is 0 Å². The summed E-state index contributed by atoms with van der Waals surface area (Å²) in [5, 5.41) is 0. The van der Waals surface area contributed by atoms with E-state index in [4.69, 9.17) is 5.73 Å². The quantitative estimate of drug-likeness (QED) is 0.819. The highest BCUT2D eigenvalue weighted by atomic mass is 16.1. The van der Waals surface area contributed by atoms with Gasteiger partial charge in [-0.05, 0) is 42.5 Å². The number of benzene rings is 1. The molecule has 0 aliphatic rings. The number of allylic oxidation sites excluding steroid dienone is 1. The topological polar surface area (TPSA) is 43.1 Å². The highest BCUT2D eigenvalue weighted by molar-refractivity contribution is 5.91. The maximum atomic E-state index is 11.4. The van der Waals surface area contributed by atoms with Crippen LogP contribution in [0.2, 0.25) is 0 Å². The molecule has 0 aromatic heterocycles. The largest absolute Gasteiger partial charge is 0.369 e. The Bertz CT molecular complexity index is 512. The molecule has 0 atom stereocenters. The van der Waals surface area contributed by atoms with Crippen molar-refractivity contribution >= 4 is 17.6 Å². The third kappa shape index (κ3) is 3.82. The molecule has 0 unspecified atom stereocenters. The predicted octanol–water partition coefficient (Wildman–Crippen LogP) is 4.09. The zero-order valence-corrected chi connectivity index (χ0v) is 12.1. The van der Waals surface area contributed by atoms with Crippen molar-refractivity contribution in [1.82, 2.24) is 0 Å². The standard InChI is InChI=1S/C17H23NO/c1-5-8-12(3)15(11-16(18)19)17-13(4)9-7-10-14(17)6-2/h6-7,9-10H,2,5,8,11H2,1,3-4H3,(H2,18,19)/b15-12-. The van der Waals surface area contributed by atoms with Crippen molar-refractivity contribution in [3.8, 4) is 0 Å². The van der Waals surface area contributed by atoms with Gasteiger partial charge in [-0.1, -0.05) is 49.8 Å². The molecule has 1 aromatic carbocycles. The smallest absolute Gasteiger partial charge is 0.221 e. The van der Waals surface area contributed by atoms with Gasteiger partial charge in [-0.2, -0.15) is 0 Å². The lowest BCUT2D eigenvalue weighted by Crippen LogP contribution is -2.12. The molecule has 0 saturated heterocycles. The number of hydrogen-bond acceptors (Lipinski definition) is 1. The van der Waals surface area contributed by atoms with Crippen molar-refractivity contribution in [2.45, 2.75) is 40.0 Å². The molecular weight excluding hydrogens is 234 g/mol. The van der Waals surface area contributed by atoms with Gasteiger partial charge in [0.15, 0.2) is 0 Å². The summed E-state index contributed by atoms with van der Waals surface area (Å²) in [6.07, 6.45) is 4.16. The second-order valence-corrected chi connectivity index (χ2v) is 4.90. The molecule has 1 aromatic rings. The van der Waals surface area contributed by atoms with Gasteiger partial charge in [0.25, 0.3) is 0 Å². The third-order valence-corrected chi connectivity index (χ3v) is 3.32. The molecule has 2 N–H and O–H groups in total. The maximum absolute atomic E-state index is 11.4. The van der Waals surface area contributed by atoms with E-state index in [-0.39, 0.29) is 12.3 Å². The summed E-state index contributed by atoms with van der Waals surface area (Å²) >= 11 is 0. The molecule has 0 radical (unpaired) electrons. The normalized spacial score (nSPS) is 11.9. The zero-order chi connectivity index (χ0) is 14.4. The molecule has 102 valence electrons. The van der Waals surface area contributed by atoms with Crippen molar-refractivity contribution in [3.05, 3.63) is 47.0 Å². The van der Waals surface area contributed by atoms with E-state index in [9.17, 15) is 4.79 Å². The number of carbonyl (C=O) groups is 1. The van der Waals surface area contributed by atoms with Crippen LogP contribution < -0.4 is 5.73 Å². The highest BCUT2D eigenvalue weighted by Gasteiger charge is 2.14. The van der Waals surface area contributed by atoms with E-state index >= 15 is 0 Å². The minimum absolute atomic E-state index is 0.288. The van der Waals surface area contributed by atoms with Gasteiger partial charge < -0.3 is 5.73 Å². The lowest BCUT2D eigenvalue weighted by atomic mass is 9.88. The van der Waals surface area contributed by atoms with Crippen LogP contribution in [0.1, 0.15) is 49.8 Å². The van der Waals surface area contributed by atoms with Crippen molar-refractivity contribution < 1.29 is 4.79 Å². The fraction of sp³-hybridized carbons (Fsp3) is 0.353. The van der Waals surface area contributed by atoms with Crippen molar-refractivity contribution in [2.24, 2.45) is 5.73 Å². The molecular formula is C17H23NO. The lowest BCUT2D eigenvalue weighted by Gasteiger charge is -2.16. The molecule has 2 nitrogen and oxygen atoms in total.